The van der Waals surface area contributed by atoms with E-state index in [0.717, 1.165) is 22.5 Å². The van der Waals surface area contributed by atoms with E-state index in [4.69, 9.17) is 0 Å². The molecule has 0 radical (unpaired) electrons. The summed E-state index contributed by atoms with van der Waals surface area (Å²) >= 11 is 0. The number of rotatable bonds is 6. The normalized spacial score (nSPS) is 10.4. The SMILES string of the molecule is Oc1ccccc1C=NCc1ccccn1.Oc1ccccc1C=NCc1ccccn1.[Ni]. The Morgan fingerprint density at radius 2 is 0.970 bits per heavy atom. The van der Waals surface area contributed by atoms with Crippen molar-refractivity contribution in [2.75, 3.05) is 0 Å². The summed E-state index contributed by atoms with van der Waals surface area (Å²) in [4.78, 5) is 16.8. The van der Waals surface area contributed by atoms with E-state index in [1.165, 1.54) is 0 Å². The van der Waals surface area contributed by atoms with Gasteiger partial charge in [0.2, 0.25) is 0 Å². The fourth-order valence-electron chi connectivity index (χ4n) is 2.65. The summed E-state index contributed by atoms with van der Waals surface area (Å²) < 4.78 is 0. The summed E-state index contributed by atoms with van der Waals surface area (Å²) in [5.74, 6) is 0.486. The summed E-state index contributed by atoms with van der Waals surface area (Å²) in [6.45, 7) is 1.05. The zero-order valence-corrected chi connectivity index (χ0v) is 18.8. The first-order valence-corrected chi connectivity index (χ1v) is 10.1. The Morgan fingerprint density at radius 1 is 0.576 bits per heavy atom. The van der Waals surface area contributed by atoms with Crippen molar-refractivity contribution in [2.24, 2.45) is 9.98 Å². The quantitative estimate of drug-likeness (QED) is 0.304. The van der Waals surface area contributed by atoms with Gasteiger partial charge in [0, 0.05) is 52.4 Å². The Kier molecular flexibility index (Phi) is 11.0. The molecule has 4 rings (SSSR count). The molecule has 6 nitrogen and oxygen atoms in total. The minimum absolute atomic E-state index is 0. The van der Waals surface area contributed by atoms with Crippen molar-refractivity contribution in [3.05, 3.63) is 120 Å². The predicted octanol–water partition coefficient (Wildman–Crippen LogP) is 4.81. The number of nitrogens with zero attached hydrogens (tertiary/aromatic N) is 4. The van der Waals surface area contributed by atoms with Gasteiger partial charge >= 0.3 is 0 Å². The van der Waals surface area contributed by atoms with Gasteiger partial charge in [0.25, 0.3) is 0 Å². The van der Waals surface area contributed by atoms with Crippen molar-refractivity contribution >= 4 is 12.4 Å². The molecule has 2 aromatic carbocycles. The molecular formula is C26H24N4NiO2. The van der Waals surface area contributed by atoms with Crippen molar-refractivity contribution in [2.45, 2.75) is 13.1 Å². The number of para-hydroxylation sites is 2. The van der Waals surface area contributed by atoms with Crippen LogP contribution in [-0.4, -0.2) is 32.6 Å². The molecule has 170 valence electrons. The molecule has 0 aliphatic rings. The zero-order chi connectivity index (χ0) is 22.4. The fraction of sp³-hybridized carbons (Fsp3) is 0.0769. The van der Waals surface area contributed by atoms with E-state index >= 15 is 0 Å². The molecule has 2 N–H and O–H groups in total. The molecular weight excluding hydrogens is 459 g/mol. The van der Waals surface area contributed by atoms with Gasteiger partial charge in [0.15, 0.2) is 0 Å². The Bertz CT molecular complexity index is 1060. The van der Waals surface area contributed by atoms with Gasteiger partial charge in [-0.25, -0.2) is 0 Å². The van der Waals surface area contributed by atoms with Gasteiger partial charge in [0.1, 0.15) is 11.5 Å². The van der Waals surface area contributed by atoms with Crippen molar-refractivity contribution in [3.8, 4) is 11.5 Å². The second-order valence-electron chi connectivity index (χ2n) is 6.70. The first-order valence-electron chi connectivity index (χ1n) is 10.1. The fourth-order valence-corrected chi connectivity index (χ4v) is 2.65. The van der Waals surface area contributed by atoms with Crippen molar-refractivity contribution < 1.29 is 26.7 Å². The average Bonchev–Trinajstić information content (AvgIpc) is 2.83. The van der Waals surface area contributed by atoms with E-state index in [-0.39, 0.29) is 28.0 Å². The molecule has 7 heteroatoms. The molecule has 0 spiro atoms. The maximum Gasteiger partial charge on any atom is 0.124 e. The van der Waals surface area contributed by atoms with E-state index in [1.807, 2.05) is 60.7 Å². The van der Waals surface area contributed by atoms with Crippen LogP contribution in [0.25, 0.3) is 0 Å². The molecule has 33 heavy (non-hydrogen) atoms. The maximum absolute atomic E-state index is 9.50. The number of hydrogen-bond acceptors (Lipinski definition) is 6. The zero-order valence-electron chi connectivity index (χ0n) is 17.8. The van der Waals surface area contributed by atoms with Crippen LogP contribution in [0.5, 0.6) is 11.5 Å². The Hall–Kier alpha value is -3.83. The number of aliphatic imine (C=N–C) groups is 2. The summed E-state index contributed by atoms with van der Waals surface area (Å²) in [5, 5.41) is 19.0. The molecule has 0 unspecified atom stereocenters. The van der Waals surface area contributed by atoms with Gasteiger partial charge in [-0.3, -0.25) is 20.0 Å². The molecule has 0 saturated carbocycles. The number of aromatic hydroxyl groups is 2. The van der Waals surface area contributed by atoms with Crippen LogP contribution in [0.1, 0.15) is 22.5 Å². The number of aromatic nitrogens is 2. The monoisotopic (exact) mass is 482 g/mol. The standard InChI is InChI=1S/2C13H12N2O.Ni/c2*16-13-7-2-1-5-11(13)9-14-10-12-6-3-4-8-15-12;/h2*1-9,16H,10H2;. The van der Waals surface area contributed by atoms with Crippen LogP contribution >= 0.6 is 0 Å². The van der Waals surface area contributed by atoms with Crippen LogP contribution in [0.4, 0.5) is 0 Å². The Morgan fingerprint density at radius 3 is 1.33 bits per heavy atom. The molecule has 0 aliphatic heterocycles. The van der Waals surface area contributed by atoms with Crippen LogP contribution in [0.2, 0.25) is 0 Å². The Labute approximate surface area is 203 Å². The van der Waals surface area contributed by atoms with E-state index in [2.05, 4.69) is 20.0 Å². The summed E-state index contributed by atoms with van der Waals surface area (Å²) in [5.41, 5.74) is 3.26. The largest absolute Gasteiger partial charge is 0.507 e. The molecule has 2 aromatic heterocycles. The van der Waals surface area contributed by atoms with Crippen LogP contribution in [-0.2, 0) is 29.6 Å². The van der Waals surface area contributed by atoms with E-state index in [9.17, 15) is 10.2 Å². The molecule has 0 atom stereocenters. The van der Waals surface area contributed by atoms with Crippen LogP contribution in [0.15, 0.2) is 107 Å². The minimum Gasteiger partial charge on any atom is -0.507 e. The predicted molar refractivity (Wildman–Crippen MR) is 127 cm³/mol. The van der Waals surface area contributed by atoms with Gasteiger partial charge in [-0.15, -0.1) is 0 Å². The van der Waals surface area contributed by atoms with Gasteiger partial charge in [0.05, 0.1) is 24.5 Å². The van der Waals surface area contributed by atoms with Crippen LogP contribution < -0.4 is 0 Å². The number of phenolic OH excluding ortho intramolecular Hbond substituents is 2. The Balaban J connectivity index is 0.000000227. The number of pyridine rings is 2. The smallest absolute Gasteiger partial charge is 0.124 e. The molecule has 2 heterocycles. The summed E-state index contributed by atoms with van der Waals surface area (Å²) in [7, 11) is 0. The molecule has 0 aliphatic carbocycles. The minimum atomic E-state index is 0. The average molecular weight is 483 g/mol. The third-order valence-corrected chi connectivity index (χ3v) is 4.29. The number of phenols is 2. The van der Waals surface area contributed by atoms with E-state index < -0.39 is 0 Å². The van der Waals surface area contributed by atoms with Gasteiger partial charge < -0.3 is 10.2 Å². The maximum atomic E-state index is 9.50. The van der Waals surface area contributed by atoms with Crippen molar-refractivity contribution in [1.82, 2.24) is 9.97 Å². The molecule has 0 fully saturated rings. The second-order valence-corrected chi connectivity index (χ2v) is 6.70. The van der Waals surface area contributed by atoms with Crippen molar-refractivity contribution in [3.63, 3.8) is 0 Å². The third-order valence-electron chi connectivity index (χ3n) is 4.29. The molecule has 4 aromatic rings. The number of hydrogen-bond donors (Lipinski definition) is 2. The van der Waals surface area contributed by atoms with Crippen molar-refractivity contribution in [1.29, 1.82) is 0 Å². The van der Waals surface area contributed by atoms with Gasteiger partial charge in [-0.1, -0.05) is 36.4 Å². The number of benzene rings is 2. The van der Waals surface area contributed by atoms with E-state index in [1.54, 1.807) is 49.1 Å². The topological polar surface area (TPSA) is 91.0 Å². The summed E-state index contributed by atoms with van der Waals surface area (Å²) in [6, 6.07) is 25.6. The summed E-state index contributed by atoms with van der Waals surface area (Å²) in [6.07, 6.45) is 6.80. The van der Waals surface area contributed by atoms with Gasteiger partial charge in [-0.05, 0) is 48.5 Å². The first kappa shape index (κ1) is 25.4. The molecule has 0 bridgehead atoms. The van der Waals surface area contributed by atoms with E-state index in [0.29, 0.717) is 13.1 Å². The van der Waals surface area contributed by atoms with Crippen LogP contribution in [0.3, 0.4) is 0 Å². The van der Waals surface area contributed by atoms with Gasteiger partial charge in [-0.2, -0.15) is 0 Å². The molecule has 0 amide bonds. The molecule has 0 saturated heterocycles. The second kappa shape index (κ2) is 14.3. The third kappa shape index (κ3) is 9.05. The van der Waals surface area contributed by atoms with Crippen LogP contribution in [0, 0.1) is 0 Å². The first-order chi connectivity index (χ1) is 15.7.